The number of hydrogen-bond acceptors (Lipinski definition) is 7. The number of nitrogens with one attached hydrogen (secondary N) is 1. The van der Waals surface area contributed by atoms with Crippen LogP contribution in [0.25, 0.3) is 17.0 Å². The molecule has 0 fully saturated rings. The molecule has 10 heteroatoms. The van der Waals surface area contributed by atoms with Gasteiger partial charge in [0.2, 0.25) is 5.13 Å². The molecule has 3 aromatic carbocycles. The lowest BCUT2D eigenvalue weighted by Gasteiger charge is -2.09. The van der Waals surface area contributed by atoms with Crippen molar-refractivity contribution in [2.45, 2.75) is 13.2 Å². The van der Waals surface area contributed by atoms with Crippen LogP contribution in [0.15, 0.2) is 90.6 Å². The number of carbonyl (C=O) groups is 1. The Bertz CT molecular complexity index is 1670. The average molecular weight is 556 g/mol. The Morgan fingerprint density at radius 3 is 2.62 bits per heavy atom. The van der Waals surface area contributed by atoms with Gasteiger partial charge >= 0.3 is 0 Å². The summed E-state index contributed by atoms with van der Waals surface area (Å²) in [6.07, 6.45) is 3.47. The highest BCUT2D eigenvalue weighted by Gasteiger charge is 2.15. The van der Waals surface area contributed by atoms with E-state index in [1.165, 1.54) is 11.3 Å². The fraction of sp³-hybridized carbons (Fsp3) is 0.103. The molecule has 0 aliphatic carbocycles. The number of nitrogens with zero attached hydrogens (tertiary/aromatic N) is 4. The maximum atomic E-state index is 12.9. The SMILES string of the molecule is N#C/C(=C/c1cn(CCOc2ccccc2Cl)c2ccccc12)C(=O)Nc1nnc(COc2ccccc2)s1. The molecule has 8 nitrogen and oxygen atoms in total. The first-order valence-corrected chi connectivity index (χ1v) is 13.2. The first-order valence-electron chi connectivity index (χ1n) is 12.0. The number of rotatable bonds is 10. The van der Waals surface area contributed by atoms with Crippen LogP contribution in [-0.2, 0) is 17.9 Å². The van der Waals surface area contributed by atoms with Gasteiger partial charge in [0, 0.05) is 22.7 Å². The fourth-order valence-electron chi connectivity index (χ4n) is 3.88. The van der Waals surface area contributed by atoms with Crippen LogP contribution in [0.3, 0.4) is 0 Å². The minimum absolute atomic E-state index is 0.0532. The van der Waals surface area contributed by atoms with Crippen molar-refractivity contribution < 1.29 is 14.3 Å². The lowest BCUT2D eigenvalue weighted by molar-refractivity contribution is -0.112. The summed E-state index contributed by atoms with van der Waals surface area (Å²) in [7, 11) is 0. The van der Waals surface area contributed by atoms with Crippen molar-refractivity contribution in [3.8, 4) is 17.6 Å². The van der Waals surface area contributed by atoms with Gasteiger partial charge in [-0.3, -0.25) is 10.1 Å². The van der Waals surface area contributed by atoms with Crippen molar-refractivity contribution in [1.29, 1.82) is 5.26 Å². The highest BCUT2D eigenvalue weighted by Crippen LogP contribution is 2.26. The number of ether oxygens (including phenoxy) is 2. The van der Waals surface area contributed by atoms with Crippen molar-refractivity contribution in [1.82, 2.24) is 14.8 Å². The standard InChI is InChI=1S/C29H22ClN5O3S/c30-24-11-5-7-13-26(24)37-15-14-35-18-21(23-10-4-6-12-25(23)35)16-20(17-31)28(36)32-29-34-33-27(39-29)19-38-22-8-2-1-3-9-22/h1-13,16,18H,14-15,19H2,(H,32,34,36)/b20-16-. The van der Waals surface area contributed by atoms with Gasteiger partial charge in [0.15, 0.2) is 5.01 Å². The number of fused-ring (bicyclic) bond motifs is 1. The van der Waals surface area contributed by atoms with Crippen LogP contribution in [0, 0.1) is 11.3 Å². The Hall–Kier alpha value is -4.65. The van der Waals surface area contributed by atoms with Gasteiger partial charge in [-0.25, -0.2) is 0 Å². The van der Waals surface area contributed by atoms with Crippen molar-refractivity contribution in [3.63, 3.8) is 0 Å². The molecule has 0 radical (unpaired) electrons. The van der Waals surface area contributed by atoms with Crippen molar-refractivity contribution >= 4 is 51.0 Å². The summed E-state index contributed by atoms with van der Waals surface area (Å²) >= 11 is 7.37. The zero-order chi connectivity index (χ0) is 27.0. The number of hydrogen-bond donors (Lipinski definition) is 1. The summed E-state index contributed by atoms with van der Waals surface area (Å²) in [5.74, 6) is 0.760. The highest BCUT2D eigenvalue weighted by atomic mass is 35.5. The predicted molar refractivity (Wildman–Crippen MR) is 152 cm³/mol. The minimum atomic E-state index is -0.567. The minimum Gasteiger partial charge on any atom is -0.490 e. The third kappa shape index (κ3) is 6.44. The van der Waals surface area contributed by atoms with E-state index in [0.717, 1.165) is 16.5 Å². The number of benzene rings is 3. The highest BCUT2D eigenvalue weighted by molar-refractivity contribution is 7.15. The molecule has 0 saturated carbocycles. The molecule has 194 valence electrons. The molecule has 5 rings (SSSR count). The van der Waals surface area contributed by atoms with Crippen LogP contribution in [0.4, 0.5) is 5.13 Å². The number of aromatic nitrogens is 3. The molecule has 0 bridgehead atoms. The number of nitriles is 1. The first-order chi connectivity index (χ1) is 19.1. The molecule has 2 heterocycles. The molecule has 1 N–H and O–H groups in total. The molecule has 0 unspecified atom stereocenters. The molecule has 1 amide bonds. The summed E-state index contributed by atoms with van der Waals surface area (Å²) in [5, 5.41) is 22.8. The molecule has 0 saturated heterocycles. The fourth-order valence-corrected chi connectivity index (χ4v) is 4.72. The van der Waals surface area contributed by atoms with Crippen molar-refractivity contribution in [2.24, 2.45) is 0 Å². The number of anilines is 1. The van der Waals surface area contributed by atoms with E-state index in [1.54, 1.807) is 12.1 Å². The van der Waals surface area contributed by atoms with Crippen LogP contribution in [-0.4, -0.2) is 27.3 Å². The van der Waals surface area contributed by atoms with Gasteiger partial charge in [-0.15, -0.1) is 10.2 Å². The monoisotopic (exact) mass is 555 g/mol. The largest absolute Gasteiger partial charge is 0.490 e. The Morgan fingerprint density at radius 1 is 1.03 bits per heavy atom. The van der Waals surface area contributed by atoms with Gasteiger partial charge in [-0.05, 0) is 36.4 Å². The Morgan fingerprint density at radius 2 is 1.79 bits per heavy atom. The predicted octanol–water partition coefficient (Wildman–Crippen LogP) is 6.35. The second-order valence-corrected chi connectivity index (χ2v) is 9.77. The van der Waals surface area contributed by atoms with Gasteiger partial charge in [0.05, 0.1) is 11.6 Å². The number of para-hydroxylation sites is 3. The summed E-state index contributed by atoms with van der Waals surface area (Å²) < 4.78 is 13.5. The van der Waals surface area contributed by atoms with E-state index in [2.05, 4.69) is 15.5 Å². The van der Waals surface area contributed by atoms with Gasteiger partial charge < -0.3 is 14.0 Å². The second kappa shape index (κ2) is 12.3. The molecule has 5 aromatic rings. The quantitative estimate of drug-likeness (QED) is 0.159. The average Bonchev–Trinajstić information content (AvgIpc) is 3.56. The van der Waals surface area contributed by atoms with Gasteiger partial charge in [0.1, 0.15) is 36.4 Å². The van der Waals surface area contributed by atoms with Crippen LogP contribution >= 0.6 is 22.9 Å². The smallest absolute Gasteiger partial charge is 0.268 e. The van der Waals surface area contributed by atoms with Crippen LogP contribution in [0.2, 0.25) is 5.02 Å². The van der Waals surface area contributed by atoms with E-state index < -0.39 is 5.91 Å². The number of halogens is 1. The van der Waals surface area contributed by atoms with E-state index >= 15 is 0 Å². The Kier molecular flexibility index (Phi) is 8.17. The number of amides is 1. The summed E-state index contributed by atoms with van der Waals surface area (Å²) in [6, 6.07) is 26.4. The van der Waals surface area contributed by atoms with Crippen molar-refractivity contribution in [2.75, 3.05) is 11.9 Å². The normalized spacial score (nSPS) is 11.2. The van der Waals surface area contributed by atoms with Crippen molar-refractivity contribution in [3.05, 3.63) is 106 Å². The summed E-state index contributed by atoms with van der Waals surface area (Å²) in [4.78, 5) is 12.9. The van der Waals surface area contributed by atoms with Gasteiger partial charge in [-0.1, -0.05) is 71.5 Å². The van der Waals surface area contributed by atoms with Gasteiger partial charge in [0.25, 0.3) is 5.91 Å². The van der Waals surface area contributed by atoms with E-state index in [0.29, 0.717) is 34.7 Å². The molecule has 0 aliphatic rings. The third-order valence-corrected chi connectivity index (χ3v) is 6.83. The molecular formula is C29H22ClN5O3S. The van der Waals surface area contributed by atoms with E-state index in [-0.39, 0.29) is 17.3 Å². The molecule has 0 aliphatic heterocycles. The zero-order valence-electron chi connectivity index (χ0n) is 20.6. The molecule has 39 heavy (non-hydrogen) atoms. The van der Waals surface area contributed by atoms with E-state index in [9.17, 15) is 10.1 Å². The maximum Gasteiger partial charge on any atom is 0.268 e. The zero-order valence-corrected chi connectivity index (χ0v) is 22.2. The lowest BCUT2D eigenvalue weighted by atomic mass is 10.1. The maximum absolute atomic E-state index is 12.9. The second-order valence-electron chi connectivity index (χ2n) is 8.30. The molecule has 0 atom stereocenters. The first kappa shape index (κ1) is 26.0. The summed E-state index contributed by atoms with van der Waals surface area (Å²) in [5.41, 5.74) is 1.64. The Labute approximate surface area is 233 Å². The van der Waals surface area contributed by atoms with E-state index in [4.69, 9.17) is 21.1 Å². The van der Waals surface area contributed by atoms with Gasteiger partial charge in [-0.2, -0.15) is 5.26 Å². The van der Waals surface area contributed by atoms with E-state index in [1.807, 2.05) is 89.6 Å². The topological polar surface area (TPSA) is 102 Å². The van der Waals surface area contributed by atoms with Crippen LogP contribution < -0.4 is 14.8 Å². The third-order valence-electron chi connectivity index (χ3n) is 5.70. The lowest BCUT2D eigenvalue weighted by Crippen LogP contribution is -2.13. The van der Waals surface area contributed by atoms with Crippen LogP contribution in [0.5, 0.6) is 11.5 Å². The summed E-state index contributed by atoms with van der Waals surface area (Å²) in [6.45, 7) is 1.16. The molecule has 0 spiro atoms. The number of carbonyl (C=O) groups excluding carboxylic acids is 1. The van der Waals surface area contributed by atoms with Crippen LogP contribution in [0.1, 0.15) is 10.6 Å². The molecular weight excluding hydrogens is 534 g/mol. The Balaban J connectivity index is 1.27. The molecule has 2 aromatic heterocycles.